The second-order valence-electron chi connectivity index (χ2n) is 6.17. The topological polar surface area (TPSA) is 26.3 Å². The smallest absolute Gasteiger partial charge is 0.343 e. The molecule has 0 spiro atoms. The molecule has 3 aromatic carbocycles. The molecule has 0 unspecified atom stereocenters. The van der Waals surface area contributed by atoms with Crippen molar-refractivity contribution in [2.45, 2.75) is 32.6 Å². The molecule has 0 atom stereocenters. The Morgan fingerprint density at radius 2 is 1.80 bits per heavy atom. The number of carbonyl (C=O) groups is 1. The Balaban J connectivity index is 1.69. The van der Waals surface area contributed by atoms with Gasteiger partial charge in [0.05, 0.1) is 5.56 Å². The van der Waals surface area contributed by atoms with Crippen LogP contribution in [0.1, 0.15) is 42.1 Å². The number of fused-ring (bicyclic) bond motifs is 1. The fraction of sp³-hybridized carbons (Fsp3) is 0.227. The molecule has 0 saturated heterocycles. The normalized spacial score (nSPS) is 10.8. The molecule has 3 aromatic rings. The van der Waals surface area contributed by atoms with E-state index in [4.69, 9.17) is 4.74 Å². The number of hydrogen-bond donors (Lipinski definition) is 0. The molecule has 3 rings (SSSR count). The maximum Gasteiger partial charge on any atom is 0.343 e. The minimum absolute atomic E-state index is 0.283. The summed E-state index contributed by atoms with van der Waals surface area (Å²) in [5.74, 6) is -0.278. The van der Waals surface area contributed by atoms with Gasteiger partial charge in [0.1, 0.15) is 11.6 Å². The zero-order chi connectivity index (χ0) is 17.6. The molecule has 0 radical (unpaired) electrons. The highest BCUT2D eigenvalue weighted by atomic mass is 19.1. The van der Waals surface area contributed by atoms with E-state index in [1.807, 2.05) is 12.1 Å². The number of benzene rings is 3. The van der Waals surface area contributed by atoms with Crippen LogP contribution in [0.3, 0.4) is 0 Å². The molecular weight excluding hydrogens is 315 g/mol. The first-order valence-corrected chi connectivity index (χ1v) is 8.67. The number of halogens is 1. The number of unbranched alkanes of at least 4 members (excludes halogenated alkanes) is 2. The highest BCUT2D eigenvalue weighted by Crippen LogP contribution is 2.23. The number of aryl methyl sites for hydroxylation is 1. The molecule has 0 heterocycles. The average Bonchev–Trinajstić information content (AvgIpc) is 2.62. The van der Waals surface area contributed by atoms with Gasteiger partial charge < -0.3 is 4.74 Å². The van der Waals surface area contributed by atoms with Crippen LogP contribution in [0.2, 0.25) is 0 Å². The van der Waals surface area contributed by atoms with Crippen molar-refractivity contribution in [2.24, 2.45) is 0 Å². The van der Waals surface area contributed by atoms with E-state index in [1.54, 1.807) is 42.5 Å². The van der Waals surface area contributed by atoms with E-state index in [9.17, 15) is 9.18 Å². The number of esters is 1. The highest BCUT2D eigenvalue weighted by molar-refractivity contribution is 5.92. The van der Waals surface area contributed by atoms with E-state index < -0.39 is 5.97 Å². The first-order valence-electron chi connectivity index (χ1n) is 8.67. The summed E-state index contributed by atoms with van der Waals surface area (Å²) in [4.78, 5) is 12.3. The van der Waals surface area contributed by atoms with Crippen LogP contribution in [-0.4, -0.2) is 5.97 Å². The predicted octanol–water partition coefficient (Wildman–Crippen LogP) is 5.93. The Morgan fingerprint density at radius 1 is 1.00 bits per heavy atom. The van der Waals surface area contributed by atoms with Crippen LogP contribution >= 0.6 is 0 Å². The van der Waals surface area contributed by atoms with Crippen molar-refractivity contribution in [2.75, 3.05) is 0 Å². The fourth-order valence-electron chi connectivity index (χ4n) is 2.84. The van der Waals surface area contributed by atoms with Crippen molar-refractivity contribution in [1.29, 1.82) is 0 Å². The van der Waals surface area contributed by atoms with Gasteiger partial charge in [-0.25, -0.2) is 9.18 Å². The molecule has 0 saturated carbocycles. The highest BCUT2D eigenvalue weighted by Gasteiger charge is 2.10. The summed E-state index contributed by atoms with van der Waals surface area (Å²) in [5, 5.41) is 1.22. The Kier molecular flexibility index (Phi) is 5.44. The van der Waals surface area contributed by atoms with Crippen molar-refractivity contribution < 1.29 is 13.9 Å². The Hall–Kier alpha value is -2.68. The van der Waals surface area contributed by atoms with Gasteiger partial charge in [0, 0.05) is 5.39 Å². The van der Waals surface area contributed by atoms with Gasteiger partial charge in [-0.3, -0.25) is 0 Å². The largest absolute Gasteiger partial charge is 0.423 e. The molecular formula is C22H21FO2. The van der Waals surface area contributed by atoms with Gasteiger partial charge in [-0.1, -0.05) is 44.0 Å². The fourth-order valence-corrected chi connectivity index (χ4v) is 2.84. The lowest BCUT2D eigenvalue weighted by Gasteiger charge is -2.07. The zero-order valence-electron chi connectivity index (χ0n) is 14.3. The molecule has 0 aliphatic heterocycles. The van der Waals surface area contributed by atoms with E-state index in [2.05, 4.69) is 6.92 Å². The van der Waals surface area contributed by atoms with Crippen LogP contribution < -0.4 is 4.74 Å². The van der Waals surface area contributed by atoms with Gasteiger partial charge in [-0.15, -0.1) is 0 Å². The summed E-state index contributed by atoms with van der Waals surface area (Å²) in [6, 6.07) is 17.3. The SMILES string of the molecule is CCCCCc1ccc(C(=O)Oc2ccc3c(F)cccc3c2)cc1. The summed E-state index contributed by atoms with van der Waals surface area (Å²) in [6.07, 6.45) is 4.60. The van der Waals surface area contributed by atoms with Crippen molar-refractivity contribution in [3.63, 3.8) is 0 Å². The molecule has 128 valence electrons. The molecule has 0 amide bonds. The predicted molar refractivity (Wildman–Crippen MR) is 98.5 cm³/mol. The van der Waals surface area contributed by atoms with Gasteiger partial charge in [-0.2, -0.15) is 0 Å². The van der Waals surface area contributed by atoms with Crippen molar-refractivity contribution in [3.8, 4) is 5.75 Å². The summed E-state index contributed by atoms with van der Waals surface area (Å²) in [6.45, 7) is 2.18. The van der Waals surface area contributed by atoms with Crippen molar-refractivity contribution in [1.82, 2.24) is 0 Å². The van der Waals surface area contributed by atoms with Gasteiger partial charge in [0.2, 0.25) is 0 Å². The van der Waals surface area contributed by atoms with E-state index in [1.165, 1.54) is 24.5 Å². The number of ether oxygens (including phenoxy) is 1. The molecule has 0 aliphatic carbocycles. The first kappa shape index (κ1) is 17.2. The van der Waals surface area contributed by atoms with E-state index in [-0.39, 0.29) is 5.82 Å². The van der Waals surface area contributed by atoms with Gasteiger partial charge >= 0.3 is 5.97 Å². The van der Waals surface area contributed by atoms with Crippen LogP contribution in [0.5, 0.6) is 5.75 Å². The summed E-state index contributed by atoms with van der Waals surface area (Å²) < 4.78 is 19.1. The average molecular weight is 336 g/mol. The van der Waals surface area contributed by atoms with Crippen LogP contribution in [0.4, 0.5) is 4.39 Å². The molecule has 0 N–H and O–H groups in total. The van der Waals surface area contributed by atoms with Crippen LogP contribution in [-0.2, 0) is 6.42 Å². The third kappa shape index (κ3) is 4.24. The van der Waals surface area contributed by atoms with Gasteiger partial charge in [0.15, 0.2) is 0 Å². The molecule has 2 nitrogen and oxygen atoms in total. The van der Waals surface area contributed by atoms with Crippen LogP contribution in [0.15, 0.2) is 60.7 Å². The second kappa shape index (κ2) is 7.93. The quantitative estimate of drug-likeness (QED) is 0.317. The van der Waals surface area contributed by atoms with E-state index in [0.29, 0.717) is 22.1 Å². The second-order valence-corrected chi connectivity index (χ2v) is 6.17. The number of carbonyl (C=O) groups excluding carboxylic acids is 1. The molecule has 0 bridgehead atoms. The van der Waals surface area contributed by atoms with Crippen LogP contribution in [0.25, 0.3) is 10.8 Å². The van der Waals surface area contributed by atoms with E-state index >= 15 is 0 Å². The Bertz CT molecular complexity index is 869. The number of hydrogen-bond acceptors (Lipinski definition) is 2. The van der Waals surface area contributed by atoms with E-state index in [0.717, 1.165) is 12.8 Å². The minimum atomic E-state index is -0.407. The molecule has 0 aliphatic rings. The van der Waals surface area contributed by atoms with Gasteiger partial charge in [0.25, 0.3) is 0 Å². The van der Waals surface area contributed by atoms with Crippen LogP contribution in [0, 0.1) is 5.82 Å². The summed E-state index contributed by atoms with van der Waals surface area (Å²) in [7, 11) is 0. The van der Waals surface area contributed by atoms with Gasteiger partial charge in [-0.05, 0) is 60.2 Å². The van der Waals surface area contributed by atoms with Crippen molar-refractivity contribution >= 4 is 16.7 Å². The summed E-state index contributed by atoms with van der Waals surface area (Å²) in [5.41, 5.74) is 1.74. The van der Waals surface area contributed by atoms with Crippen molar-refractivity contribution in [3.05, 3.63) is 77.6 Å². The zero-order valence-corrected chi connectivity index (χ0v) is 14.3. The lowest BCUT2D eigenvalue weighted by Crippen LogP contribution is -2.08. The lowest BCUT2D eigenvalue weighted by molar-refractivity contribution is 0.0735. The Labute approximate surface area is 147 Å². The maximum absolute atomic E-state index is 13.7. The Morgan fingerprint density at radius 3 is 2.56 bits per heavy atom. The third-order valence-corrected chi connectivity index (χ3v) is 4.27. The molecule has 25 heavy (non-hydrogen) atoms. The summed E-state index contributed by atoms with van der Waals surface area (Å²) >= 11 is 0. The molecule has 3 heteroatoms. The maximum atomic E-state index is 13.7. The first-order chi connectivity index (χ1) is 12.2. The number of rotatable bonds is 6. The standard InChI is InChI=1S/C22H21FO2/c1-2-3-4-6-16-9-11-17(12-10-16)22(24)25-19-13-14-20-18(15-19)7-5-8-21(20)23/h5,7-15H,2-4,6H2,1H3. The third-order valence-electron chi connectivity index (χ3n) is 4.27. The molecule has 0 fully saturated rings. The lowest BCUT2D eigenvalue weighted by atomic mass is 10.1. The minimum Gasteiger partial charge on any atom is -0.423 e. The monoisotopic (exact) mass is 336 g/mol. The molecule has 0 aromatic heterocycles.